The molecular weight excluding hydrogens is 430 g/mol. The Hall–Kier alpha value is -3.64. The number of halogens is 6. The molecule has 3 aromatic rings. The van der Waals surface area contributed by atoms with Crippen LogP contribution < -0.4 is 10.2 Å². The molecule has 0 amide bonds. The predicted molar refractivity (Wildman–Crippen MR) is 98.5 cm³/mol. The summed E-state index contributed by atoms with van der Waals surface area (Å²) < 4.78 is 82.7. The first kappa shape index (κ1) is 22.1. The quantitative estimate of drug-likeness (QED) is 0.347. The highest BCUT2D eigenvalue weighted by atomic mass is 19.4. The summed E-state index contributed by atoms with van der Waals surface area (Å²) in [5.74, 6) is -0.166. The maximum Gasteiger partial charge on any atom is 0.433 e. The van der Waals surface area contributed by atoms with Crippen LogP contribution in [0.15, 0.2) is 47.7 Å². The third-order valence-corrected chi connectivity index (χ3v) is 3.76. The van der Waals surface area contributed by atoms with Gasteiger partial charge in [-0.05, 0) is 24.3 Å². The maximum atomic E-state index is 13.3. The van der Waals surface area contributed by atoms with E-state index < -0.39 is 30.5 Å². The molecule has 0 saturated heterocycles. The average Bonchev–Trinajstić information content (AvgIpc) is 3.12. The molecule has 3 rings (SSSR count). The number of rotatable bonds is 6. The van der Waals surface area contributed by atoms with Crippen LogP contribution >= 0.6 is 0 Å². The van der Waals surface area contributed by atoms with Crippen molar-refractivity contribution < 1.29 is 31.1 Å². The summed E-state index contributed by atoms with van der Waals surface area (Å²) in [5.41, 5.74) is 1.32. The van der Waals surface area contributed by atoms with Gasteiger partial charge in [0, 0.05) is 11.8 Å². The van der Waals surface area contributed by atoms with Crippen LogP contribution in [0.5, 0.6) is 5.75 Å². The lowest BCUT2D eigenvalue weighted by atomic mass is 10.1. The normalized spacial score (nSPS) is 12.4. The molecule has 0 atom stereocenters. The topological polar surface area (TPSA) is 77.2 Å². The number of ether oxygens (including phenoxy) is 1. The smallest absolute Gasteiger partial charge is 0.433 e. The molecule has 1 N–H and O–H groups in total. The molecular formula is C18H14F6N6O. The van der Waals surface area contributed by atoms with Crippen LogP contribution in [0.2, 0.25) is 0 Å². The lowest BCUT2D eigenvalue weighted by Crippen LogP contribution is -2.18. The third-order valence-electron chi connectivity index (χ3n) is 3.76. The average molecular weight is 444 g/mol. The Morgan fingerprint density at radius 1 is 1.10 bits per heavy atom. The van der Waals surface area contributed by atoms with E-state index in [4.69, 9.17) is 4.74 Å². The highest BCUT2D eigenvalue weighted by Crippen LogP contribution is 2.34. The molecule has 13 heteroatoms. The number of methoxy groups -OCH3 is 1. The molecule has 31 heavy (non-hydrogen) atoms. The van der Waals surface area contributed by atoms with Gasteiger partial charge in [-0.15, -0.1) is 0 Å². The van der Waals surface area contributed by atoms with E-state index >= 15 is 0 Å². The van der Waals surface area contributed by atoms with Crippen molar-refractivity contribution in [2.24, 2.45) is 5.10 Å². The maximum absolute atomic E-state index is 13.3. The predicted octanol–water partition coefficient (Wildman–Crippen LogP) is 4.38. The molecule has 0 fully saturated rings. The Kier molecular flexibility index (Phi) is 6.13. The van der Waals surface area contributed by atoms with E-state index in [1.807, 2.05) is 0 Å². The van der Waals surface area contributed by atoms with Gasteiger partial charge in [0.2, 0.25) is 5.95 Å². The summed E-state index contributed by atoms with van der Waals surface area (Å²) in [5, 5.41) is 7.31. The van der Waals surface area contributed by atoms with Gasteiger partial charge in [-0.1, -0.05) is 12.1 Å². The van der Waals surface area contributed by atoms with Crippen LogP contribution in [0.1, 0.15) is 11.4 Å². The van der Waals surface area contributed by atoms with Crippen LogP contribution in [-0.4, -0.2) is 39.2 Å². The van der Waals surface area contributed by atoms with Crippen LogP contribution in [-0.2, 0) is 12.7 Å². The number of hydrogen-bond acceptors (Lipinski definition) is 6. The molecule has 0 saturated carbocycles. The van der Waals surface area contributed by atoms with Gasteiger partial charge in [0.05, 0.1) is 19.0 Å². The summed E-state index contributed by atoms with van der Waals surface area (Å²) in [6, 6.07) is 8.37. The first-order valence-corrected chi connectivity index (χ1v) is 8.54. The van der Waals surface area contributed by atoms with Crippen molar-refractivity contribution in [2.45, 2.75) is 18.9 Å². The van der Waals surface area contributed by atoms with Crippen LogP contribution in [0.4, 0.5) is 32.3 Å². The lowest BCUT2D eigenvalue weighted by molar-refractivity contribution is -0.143. The Bertz CT molecular complexity index is 1080. The van der Waals surface area contributed by atoms with Crippen molar-refractivity contribution in [3.05, 3.63) is 54.0 Å². The van der Waals surface area contributed by atoms with Gasteiger partial charge in [-0.3, -0.25) is 4.68 Å². The zero-order valence-corrected chi connectivity index (χ0v) is 15.7. The van der Waals surface area contributed by atoms with Crippen LogP contribution in [0.25, 0.3) is 11.3 Å². The van der Waals surface area contributed by atoms with Crippen molar-refractivity contribution in [3.8, 4) is 17.0 Å². The van der Waals surface area contributed by atoms with E-state index in [1.165, 1.54) is 19.2 Å². The van der Waals surface area contributed by atoms with Crippen molar-refractivity contribution in [1.82, 2.24) is 19.7 Å². The fraction of sp³-hybridized carbons (Fsp3) is 0.222. The fourth-order valence-electron chi connectivity index (χ4n) is 2.51. The fourth-order valence-corrected chi connectivity index (χ4v) is 2.51. The van der Waals surface area contributed by atoms with Gasteiger partial charge in [0.25, 0.3) is 0 Å². The zero-order valence-electron chi connectivity index (χ0n) is 15.7. The van der Waals surface area contributed by atoms with Gasteiger partial charge >= 0.3 is 12.4 Å². The summed E-state index contributed by atoms with van der Waals surface area (Å²) in [4.78, 5) is 7.41. The number of aromatic nitrogens is 4. The van der Waals surface area contributed by atoms with E-state index in [9.17, 15) is 26.3 Å². The molecule has 164 valence electrons. The molecule has 0 unspecified atom stereocenters. The van der Waals surface area contributed by atoms with Crippen molar-refractivity contribution in [3.63, 3.8) is 0 Å². The van der Waals surface area contributed by atoms with Crippen molar-refractivity contribution in [1.29, 1.82) is 0 Å². The van der Waals surface area contributed by atoms with Gasteiger partial charge in [-0.25, -0.2) is 15.4 Å². The second-order valence-corrected chi connectivity index (χ2v) is 6.08. The number of alkyl halides is 6. The Morgan fingerprint density at radius 3 is 2.52 bits per heavy atom. The van der Waals surface area contributed by atoms with E-state index in [0.29, 0.717) is 16.0 Å². The van der Waals surface area contributed by atoms with Crippen LogP contribution in [0.3, 0.4) is 0 Å². The number of benzene rings is 1. The van der Waals surface area contributed by atoms with E-state index in [2.05, 4.69) is 25.6 Å². The van der Waals surface area contributed by atoms with E-state index in [-0.39, 0.29) is 11.4 Å². The molecule has 0 radical (unpaired) electrons. The Morgan fingerprint density at radius 2 is 1.84 bits per heavy atom. The second-order valence-electron chi connectivity index (χ2n) is 6.08. The summed E-state index contributed by atoms with van der Waals surface area (Å²) >= 11 is 0. The van der Waals surface area contributed by atoms with Gasteiger partial charge in [0.15, 0.2) is 5.69 Å². The highest BCUT2D eigenvalue weighted by Gasteiger charge is 2.34. The Balaban J connectivity index is 1.86. The first-order valence-electron chi connectivity index (χ1n) is 8.54. The number of hydrazone groups is 1. The van der Waals surface area contributed by atoms with Gasteiger partial charge in [-0.2, -0.15) is 36.5 Å². The molecule has 2 heterocycles. The largest absolute Gasteiger partial charge is 0.496 e. The molecule has 1 aromatic carbocycles. The lowest BCUT2D eigenvalue weighted by Gasteiger charge is -2.12. The molecule has 0 bridgehead atoms. The number of para-hydroxylation sites is 1. The van der Waals surface area contributed by atoms with Gasteiger partial charge < -0.3 is 4.74 Å². The summed E-state index contributed by atoms with van der Waals surface area (Å²) in [6.07, 6.45) is -7.08. The molecule has 0 aliphatic carbocycles. The summed E-state index contributed by atoms with van der Waals surface area (Å²) in [6.45, 7) is -1.28. The number of nitrogens with one attached hydrogen (secondary N) is 1. The molecule has 7 nitrogen and oxygen atoms in total. The van der Waals surface area contributed by atoms with E-state index in [0.717, 1.165) is 18.5 Å². The monoisotopic (exact) mass is 444 g/mol. The number of hydrogen-bond donors (Lipinski definition) is 1. The molecule has 0 spiro atoms. The SMILES string of the molecule is COc1ccccc1-c1cc(C(F)(F)F)nc(N/N=C\c2ccn(CC(F)(F)F)n2)n1. The minimum atomic E-state index is -4.75. The first-order chi connectivity index (χ1) is 14.5. The third kappa shape index (κ3) is 5.93. The second kappa shape index (κ2) is 8.62. The van der Waals surface area contributed by atoms with Crippen LogP contribution in [0, 0.1) is 0 Å². The van der Waals surface area contributed by atoms with E-state index in [1.54, 1.807) is 18.2 Å². The molecule has 0 aliphatic heterocycles. The Labute approximate surface area is 171 Å². The van der Waals surface area contributed by atoms with Crippen molar-refractivity contribution in [2.75, 3.05) is 12.5 Å². The summed E-state index contributed by atoms with van der Waals surface area (Å²) in [7, 11) is 1.37. The standard InChI is InChI=1S/C18H14F6N6O/c1-31-14-5-3-2-4-12(14)13-8-15(18(22,23)24)27-16(26-13)28-25-9-11-6-7-30(29-11)10-17(19,20)21/h2-9H,10H2,1H3,(H,26,27,28)/b25-9-. The minimum absolute atomic E-state index is 0.0497. The van der Waals surface area contributed by atoms with Crippen molar-refractivity contribution >= 4 is 12.2 Å². The molecule has 2 aromatic heterocycles. The number of nitrogens with zero attached hydrogens (tertiary/aromatic N) is 5. The highest BCUT2D eigenvalue weighted by molar-refractivity contribution is 5.77. The number of anilines is 1. The molecule has 0 aliphatic rings. The van der Waals surface area contributed by atoms with Gasteiger partial charge in [0.1, 0.15) is 18.0 Å². The minimum Gasteiger partial charge on any atom is -0.496 e. The zero-order chi connectivity index (χ0) is 22.6.